The van der Waals surface area contributed by atoms with Crippen LogP contribution < -0.4 is 5.32 Å². The fraction of sp³-hybridized carbons (Fsp3) is 0.211. The third kappa shape index (κ3) is 3.79. The topological polar surface area (TPSA) is 65.1 Å². The molecule has 0 radical (unpaired) electrons. The van der Waals surface area contributed by atoms with Crippen molar-refractivity contribution in [1.29, 1.82) is 0 Å². The van der Waals surface area contributed by atoms with Crippen molar-refractivity contribution in [3.63, 3.8) is 0 Å². The number of hydrogen-bond acceptors (Lipinski definition) is 2. The average Bonchev–Trinajstić information content (AvgIpc) is 2.98. The minimum Gasteiger partial charge on any atom is -0.396 e. The van der Waals surface area contributed by atoms with Crippen LogP contribution in [0.1, 0.15) is 17.5 Å². The zero-order valence-electron chi connectivity index (χ0n) is 12.9. The number of carbonyl (C=O) groups excluding carboxylic acids is 1. The molecule has 0 fully saturated rings. The van der Waals surface area contributed by atoms with Gasteiger partial charge in [-0.25, -0.2) is 0 Å². The SMILES string of the molecule is O=C(CCc1c[nH]c2ccccc12)Nc1ccc(CCO)cc1. The van der Waals surface area contributed by atoms with Gasteiger partial charge in [0.15, 0.2) is 0 Å². The van der Waals surface area contributed by atoms with E-state index in [2.05, 4.69) is 16.4 Å². The van der Waals surface area contributed by atoms with E-state index in [0.29, 0.717) is 19.3 Å². The van der Waals surface area contributed by atoms with Gasteiger partial charge in [0.2, 0.25) is 5.91 Å². The number of hydrogen-bond donors (Lipinski definition) is 3. The van der Waals surface area contributed by atoms with Crippen LogP contribution in [0.2, 0.25) is 0 Å². The highest BCUT2D eigenvalue weighted by Gasteiger charge is 2.07. The van der Waals surface area contributed by atoms with Crippen molar-refractivity contribution in [1.82, 2.24) is 4.98 Å². The summed E-state index contributed by atoms with van der Waals surface area (Å²) in [6.07, 6.45) is 3.76. The lowest BCUT2D eigenvalue weighted by atomic mass is 10.1. The van der Waals surface area contributed by atoms with Crippen molar-refractivity contribution < 1.29 is 9.90 Å². The second-order valence-electron chi connectivity index (χ2n) is 5.58. The summed E-state index contributed by atoms with van der Waals surface area (Å²) < 4.78 is 0. The van der Waals surface area contributed by atoms with E-state index in [1.54, 1.807) is 0 Å². The Hall–Kier alpha value is -2.59. The zero-order valence-corrected chi connectivity index (χ0v) is 12.9. The molecule has 3 aromatic rings. The van der Waals surface area contributed by atoms with Gasteiger partial charge in [0.25, 0.3) is 0 Å². The molecule has 1 heterocycles. The van der Waals surface area contributed by atoms with Gasteiger partial charge in [0.1, 0.15) is 0 Å². The molecule has 118 valence electrons. The van der Waals surface area contributed by atoms with Crippen LogP contribution in [0.4, 0.5) is 5.69 Å². The van der Waals surface area contributed by atoms with Crippen LogP contribution in [0.15, 0.2) is 54.7 Å². The lowest BCUT2D eigenvalue weighted by Crippen LogP contribution is -2.12. The Bertz CT molecular complexity index is 790. The second-order valence-corrected chi connectivity index (χ2v) is 5.58. The van der Waals surface area contributed by atoms with Gasteiger partial charge >= 0.3 is 0 Å². The Kier molecular flexibility index (Phi) is 4.74. The van der Waals surface area contributed by atoms with Crippen molar-refractivity contribution in [3.8, 4) is 0 Å². The summed E-state index contributed by atoms with van der Waals surface area (Å²) in [5.74, 6) is 0.00480. The molecular weight excluding hydrogens is 288 g/mol. The smallest absolute Gasteiger partial charge is 0.224 e. The molecule has 3 rings (SSSR count). The molecule has 4 heteroatoms. The van der Waals surface area contributed by atoms with Crippen LogP contribution in [0.25, 0.3) is 10.9 Å². The predicted molar refractivity (Wildman–Crippen MR) is 92.5 cm³/mol. The number of rotatable bonds is 6. The maximum Gasteiger partial charge on any atom is 0.224 e. The summed E-state index contributed by atoms with van der Waals surface area (Å²) in [6, 6.07) is 15.7. The number of anilines is 1. The van der Waals surface area contributed by atoms with Crippen molar-refractivity contribution in [2.45, 2.75) is 19.3 Å². The first kappa shape index (κ1) is 15.3. The number of aryl methyl sites for hydroxylation is 1. The first-order valence-electron chi connectivity index (χ1n) is 7.81. The normalized spacial score (nSPS) is 10.8. The molecule has 2 aromatic carbocycles. The van der Waals surface area contributed by atoms with E-state index in [9.17, 15) is 4.79 Å². The predicted octanol–water partition coefficient (Wildman–Crippen LogP) is 3.27. The third-order valence-corrected chi connectivity index (χ3v) is 3.93. The molecule has 4 nitrogen and oxygen atoms in total. The summed E-state index contributed by atoms with van der Waals surface area (Å²) in [7, 11) is 0. The van der Waals surface area contributed by atoms with E-state index in [-0.39, 0.29) is 12.5 Å². The van der Waals surface area contributed by atoms with E-state index < -0.39 is 0 Å². The minimum absolute atomic E-state index is 0.00480. The van der Waals surface area contributed by atoms with Crippen LogP contribution in [0.5, 0.6) is 0 Å². The van der Waals surface area contributed by atoms with Crippen molar-refractivity contribution in [2.24, 2.45) is 0 Å². The van der Waals surface area contributed by atoms with Gasteiger partial charge in [-0.2, -0.15) is 0 Å². The lowest BCUT2D eigenvalue weighted by Gasteiger charge is -2.06. The molecule has 1 aromatic heterocycles. The molecule has 0 saturated heterocycles. The van der Waals surface area contributed by atoms with Crippen LogP contribution in [0.3, 0.4) is 0 Å². The summed E-state index contributed by atoms with van der Waals surface area (Å²) in [5, 5.41) is 13.0. The maximum absolute atomic E-state index is 12.1. The maximum atomic E-state index is 12.1. The number of aromatic nitrogens is 1. The Morgan fingerprint density at radius 2 is 1.83 bits per heavy atom. The highest BCUT2D eigenvalue weighted by Crippen LogP contribution is 2.19. The van der Waals surface area contributed by atoms with Gasteiger partial charge in [-0.1, -0.05) is 30.3 Å². The molecule has 0 saturated carbocycles. The summed E-state index contributed by atoms with van der Waals surface area (Å²) >= 11 is 0. The highest BCUT2D eigenvalue weighted by molar-refractivity contribution is 5.91. The number of benzene rings is 2. The molecule has 0 unspecified atom stereocenters. The number of para-hydroxylation sites is 1. The molecule has 3 N–H and O–H groups in total. The number of fused-ring (bicyclic) bond motifs is 1. The van der Waals surface area contributed by atoms with Gasteiger partial charge < -0.3 is 15.4 Å². The van der Waals surface area contributed by atoms with Crippen LogP contribution in [0, 0.1) is 0 Å². The van der Waals surface area contributed by atoms with Gasteiger partial charge in [-0.05, 0) is 42.2 Å². The molecular formula is C19H20N2O2. The fourth-order valence-electron chi connectivity index (χ4n) is 2.69. The Balaban J connectivity index is 1.57. The van der Waals surface area contributed by atoms with Gasteiger partial charge in [0, 0.05) is 35.8 Å². The summed E-state index contributed by atoms with van der Waals surface area (Å²) in [5.41, 5.74) is 4.11. The molecule has 23 heavy (non-hydrogen) atoms. The number of aliphatic hydroxyl groups excluding tert-OH is 1. The third-order valence-electron chi connectivity index (χ3n) is 3.93. The Morgan fingerprint density at radius 1 is 1.04 bits per heavy atom. The summed E-state index contributed by atoms with van der Waals surface area (Å²) in [6.45, 7) is 0.135. The number of carbonyl (C=O) groups is 1. The van der Waals surface area contributed by atoms with Crippen molar-refractivity contribution >= 4 is 22.5 Å². The van der Waals surface area contributed by atoms with E-state index in [0.717, 1.165) is 22.3 Å². The second kappa shape index (κ2) is 7.11. The fourth-order valence-corrected chi connectivity index (χ4v) is 2.69. The van der Waals surface area contributed by atoms with E-state index in [1.165, 1.54) is 5.39 Å². The highest BCUT2D eigenvalue weighted by atomic mass is 16.2. The van der Waals surface area contributed by atoms with Crippen molar-refractivity contribution in [2.75, 3.05) is 11.9 Å². The van der Waals surface area contributed by atoms with Gasteiger partial charge in [-0.3, -0.25) is 4.79 Å². The monoisotopic (exact) mass is 308 g/mol. The number of aliphatic hydroxyl groups is 1. The molecule has 0 aliphatic heterocycles. The van der Waals surface area contributed by atoms with E-state index in [4.69, 9.17) is 5.11 Å². The number of nitrogens with one attached hydrogen (secondary N) is 2. The molecule has 1 amide bonds. The lowest BCUT2D eigenvalue weighted by molar-refractivity contribution is -0.116. The molecule has 0 atom stereocenters. The molecule has 0 bridgehead atoms. The number of aromatic amines is 1. The molecule has 0 aliphatic rings. The molecule has 0 spiro atoms. The van der Waals surface area contributed by atoms with Gasteiger partial charge in [-0.15, -0.1) is 0 Å². The van der Waals surface area contributed by atoms with Crippen LogP contribution in [-0.4, -0.2) is 22.6 Å². The summed E-state index contributed by atoms with van der Waals surface area (Å²) in [4.78, 5) is 15.3. The quantitative estimate of drug-likeness (QED) is 0.654. The zero-order chi connectivity index (χ0) is 16.1. The first-order valence-corrected chi connectivity index (χ1v) is 7.81. The van der Waals surface area contributed by atoms with E-state index >= 15 is 0 Å². The first-order chi connectivity index (χ1) is 11.3. The largest absolute Gasteiger partial charge is 0.396 e. The minimum atomic E-state index is 0.00480. The van der Waals surface area contributed by atoms with Crippen LogP contribution in [-0.2, 0) is 17.6 Å². The van der Waals surface area contributed by atoms with Crippen LogP contribution >= 0.6 is 0 Å². The number of amides is 1. The standard InChI is InChI=1S/C19H20N2O2/c22-12-11-14-5-8-16(9-6-14)21-19(23)10-7-15-13-20-18-4-2-1-3-17(15)18/h1-6,8-9,13,20,22H,7,10-12H2,(H,21,23). The van der Waals surface area contributed by atoms with E-state index in [1.807, 2.05) is 48.7 Å². The average molecular weight is 308 g/mol. The molecule has 0 aliphatic carbocycles. The van der Waals surface area contributed by atoms with Gasteiger partial charge in [0.05, 0.1) is 0 Å². The Labute approximate surface area is 135 Å². The van der Waals surface area contributed by atoms with Crippen molar-refractivity contribution in [3.05, 3.63) is 65.9 Å². The number of H-pyrrole nitrogens is 1. The Morgan fingerprint density at radius 3 is 2.61 bits per heavy atom.